The van der Waals surface area contributed by atoms with E-state index in [4.69, 9.17) is 4.74 Å². The molecule has 19 heavy (non-hydrogen) atoms. The number of hydrogen-bond acceptors (Lipinski definition) is 5. The fraction of sp³-hybridized carbons (Fsp3) is 0.462. The summed E-state index contributed by atoms with van der Waals surface area (Å²) in [6, 6.07) is 1.78. The summed E-state index contributed by atoms with van der Waals surface area (Å²) in [6.45, 7) is 8.18. The number of ether oxygens (including phenoxy) is 1. The maximum absolute atomic E-state index is 5.12. The fourth-order valence-electron chi connectivity index (χ4n) is 1.58. The van der Waals surface area contributed by atoms with E-state index in [9.17, 15) is 0 Å². The smallest absolute Gasteiger partial charge is 0.230 e. The number of rotatable bonds is 3. The van der Waals surface area contributed by atoms with Crippen LogP contribution >= 0.6 is 0 Å². The first kappa shape index (κ1) is 13.3. The maximum atomic E-state index is 5.12. The lowest BCUT2D eigenvalue weighted by Gasteiger charge is -2.18. The van der Waals surface area contributed by atoms with E-state index >= 15 is 0 Å². The molecule has 0 atom stereocenters. The average molecular weight is 261 g/mol. The van der Waals surface area contributed by atoms with Crippen LogP contribution in [0.15, 0.2) is 18.5 Å². The van der Waals surface area contributed by atoms with Crippen LogP contribution in [0.5, 0.6) is 5.88 Å². The summed E-state index contributed by atoms with van der Waals surface area (Å²) in [5.74, 6) is 1.04. The summed E-state index contributed by atoms with van der Waals surface area (Å²) in [5, 5.41) is 7.44. The second kappa shape index (κ2) is 4.87. The molecule has 102 valence electrons. The zero-order valence-electron chi connectivity index (χ0n) is 11.9. The molecule has 0 aromatic carbocycles. The summed E-state index contributed by atoms with van der Waals surface area (Å²) in [4.78, 5) is 8.55. The van der Waals surface area contributed by atoms with Crippen molar-refractivity contribution in [1.29, 1.82) is 0 Å². The van der Waals surface area contributed by atoms with Crippen LogP contribution in [0, 0.1) is 6.92 Å². The van der Waals surface area contributed by atoms with Crippen molar-refractivity contribution >= 4 is 11.6 Å². The third-order valence-electron chi connectivity index (χ3n) is 2.57. The van der Waals surface area contributed by atoms with E-state index in [-0.39, 0.29) is 5.54 Å². The van der Waals surface area contributed by atoms with Gasteiger partial charge < -0.3 is 10.1 Å². The van der Waals surface area contributed by atoms with Gasteiger partial charge in [-0.15, -0.1) is 0 Å². The molecule has 0 spiro atoms. The van der Waals surface area contributed by atoms with Gasteiger partial charge in [0.1, 0.15) is 0 Å². The predicted molar refractivity (Wildman–Crippen MR) is 73.8 cm³/mol. The molecule has 0 aliphatic carbocycles. The Bertz CT molecular complexity index is 571. The summed E-state index contributed by atoms with van der Waals surface area (Å²) in [5.41, 5.74) is 1.64. The van der Waals surface area contributed by atoms with Gasteiger partial charge in [-0.25, -0.2) is 4.98 Å². The number of aromatic nitrogens is 4. The highest BCUT2D eigenvalue weighted by molar-refractivity contribution is 5.51. The zero-order chi connectivity index (χ0) is 14.0. The van der Waals surface area contributed by atoms with Crippen molar-refractivity contribution in [2.24, 2.45) is 0 Å². The Morgan fingerprint density at radius 1 is 1.26 bits per heavy atom. The van der Waals surface area contributed by atoms with E-state index in [0.717, 1.165) is 11.4 Å². The molecule has 2 aromatic heterocycles. The lowest BCUT2D eigenvalue weighted by atomic mass is 10.1. The van der Waals surface area contributed by atoms with Crippen LogP contribution in [-0.2, 0) is 5.54 Å². The molecule has 2 rings (SSSR count). The average Bonchev–Trinajstić information content (AvgIpc) is 2.76. The summed E-state index contributed by atoms with van der Waals surface area (Å²) >= 11 is 0. The number of aryl methyl sites for hydroxylation is 1. The molecule has 6 heteroatoms. The monoisotopic (exact) mass is 261 g/mol. The van der Waals surface area contributed by atoms with Gasteiger partial charge in [0, 0.05) is 18.0 Å². The molecule has 2 aromatic rings. The molecule has 1 N–H and O–H groups in total. The van der Waals surface area contributed by atoms with Crippen LogP contribution in [-0.4, -0.2) is 26.9 Å². The van der Waals surface area contributed by atoms with Crippen LogP contribution in [0.3, 0.4) is 0 Å². The molecule has 0 aliphatic rings. The number of nitrogens with zero attached hydrogens (tertiary/aromatic N) is 4. The largest absolute Gasteiger partial charge is 0.481 e. The molecular formula is C13H19N5O. The van der Waals surface area contributed by atoms with Crippen molar-refractivity contribution in [3.63, 3.8) is 0 Å². The summed E-state index contributed by atoms with van der Waals surface area (Å²) < 4.78 is 7.01. The minimum absolute atomic E-state index is 0.0505. The van der Waals surface area contributed by atoms with Crippen molar-refractivity contribution in [3.8, 4) is 5.88 Å². The van der Waals surface area contributed by atoms with E-state index in [1.807, 2.05) is 17.8 Å². The maximum Gasteiger partial charge on any atom is 0.230 e. The molecule has 0 aliphatic heterocycles. The number of nitrogens with one attached hydrogen (secondary N) is 1. The quantitative estimate of drug-likeness (QED) is 0.919. The first-order valence-corrected chi connectivity index (χ1v) is 6.10. The van der Waals surface area contributed by atoms with E-state index in [0.29, 0.717) is 11.8 Å². The number of anilines is 2. The molecule has 2 heterocycles. The molecule has 0 unspecified atom stereocenters. The van der Waals surface area contributed by atoms with E-state index < -0.39 is 0 Å². The molecular weight excluding hydrogens is 242 g/mol. The van der Waals surface area contributed by atoms with E-state index in [1.54, 1.807) is 19.4 Å². The minimum atomic E-state index is -0.0505. The van der Waals surface area contributed by atoms with Crippen LogP contribution in [0.2, 0.25) is 0 Å². The van der Waals surface area contributed by atoms with Gasteiger partial charge in [-0.3, -0.25) is 4.68 Å². The van der Waals surface area contributed by atoms with Gasteiger partial charge in [0.05, 0.1) is 24.5 Å². The minimum Gasteiger partial charge on any atom is -0.481 e. The number of hydrogen-bond donors (Lipinski definition) is 1. The van der Waals surface area contributed by atoms with E-state index in [2.05, 4.69) is 41.2 Å². The summed E-state index contributed by atoms with van der Waals surface area (Å²) in [7, 11) is 1.59. The van der Waals surface area contributed by atoms with Crippen molar-refractivity contribution in [2.45, 2.75) is 33.2 Å². The molecule has 0 fully saturated rings. The van der Waals surface area contributed by atoms with Crippen molar-refractivity contribution in [3.05, 3.63) is 24.2 Å². The van der Waals surface area contributed by atoms with Gasteiger partial charge in [-0.05, 0) is 27.7 Å². The fourth-order valence-corrected chi connectivity index (χ4v) is 1.58. The Labute approximate surface area is 112 Å². The molecule has 0 saturated carbocycles. The molecule has 0 radical (unpaired) electrons. The lowest BCUT2D eigenvalue weighted by molar-refractivity contribution is 0.355. The molecule has 0 bridgehead atoms. The normalized spacial score (nSPS) is 11.4. The highest BCUT2D eigenvalue weighted by Gasteiger charge is 2.14. The van der Waals surface area contributed by atoms with E-state index in [1.165, 1.54) is 0 Å². The second-order valence-electron chi connectivity index (χ2n) is 5.34. The SMILES string of the molecule is COc1cc(C)nc(Nc2cnn(C(C)(C)C)c2)n1. The van der Waals surface area contributed by atoms with Gasteiger partial charge in [-0.1, -0.05) is 0 Å². The lowest BCUT2D eigenvalue weighted by Crippen LogP contribution is -2.21. The van der Waals surface area contributed by atoms with Crippen LogP contribution in [0.1, 0.15) is 26.5 Å². The Hall–Kier alpha value is -2.11. The predicted octanol–water partition coefficient (Wildman–Crippen LogP) is 2.49. The third kappa shape index (κ3) is 3.21. The van der Waals surface area contributed by atoms with Gasteiger partial charge in [0.25, 0.3) is 0 Å². The van der Waals surface area contributed by atoms with Crippen molar-refractivity contribution < 1.29 is 4.74 Å². The molecule has 0 amide bonds. The summed E-state index contributed by atoms with van der Waals surface area (Å²) in [6.07, 6.45) is 3.68. The second-order valence-corrected chi connectivity index (χ2v) is 5.34. The van der Waals surface area contributed by atoms with Crippen LogP contribution in [0.4, 0.5) is 11.6 Å². The highest BCUT2D eigenvalue weighted by Crippen LogP contribution is 2.19. The highest BCUT2D eigenvalue weighted by atomic mass is 16.5. The van der Waals surface area contributed by atoms with Gasteiger partial charge >= 0.3 is 0 Å². The van der Waals surface area contributed by atoms with Gasteiger partial charge in [0.2, 0.25) is 11.8 Å². The third-order valence-corrected chi connectivity index (χ3v) is 2.57. The van der Waals surface area contributed by atoms with Crippen molar-refractivity contribution in [1.82, 2.24) is 19.7 Å². The Balaban J connectivity index is 2.21. The standard InChI is InChI=1S/C13H19N5O/c1-9-6-11(19-5)17-12(15-9)16-10-7-14-18(8-10)13(2,3)4/h6-8H,1-5H3,(H,15,16,17). The molecule has 0 saturated heterocycles. The Morgan fingerprint density at radius 2 is 2.00 bits per heavy atom. The van der Waals surface area contributed by atoms with Gasteiger partial charge in [-0.2, -0.15) is 10.1 Å². The van der Waals surface area contributed by atoms with Gasteiger partial charge in [0.15, 0.2) is 0 Å². The first-order chi connectivity index (χ1) is 8.88. The number of methoxy groups -OCH3 is 1. The molecule has 6 nitrogen and oxygen atoms in total. The Morgan fingerprint density at radius 3 is 2.58 bits per heavy atom. The van der Waals surface area contributed by atoms with Crippen LogP contribution < -0.4 is 10.1 Å². The Kier molecular flexibility index (Phi) is 3.42. The first-order valence-electron chi connectivity index (χ1n) is 6.10. The topological polar surface area (TPSA) is 64.9 Å². The zero-order valence-corrected chi connectivity index (χ0v) is 11.9. The van der Waals surface area contributed by atoms with Crippen molar-refractivity contribution in [2.75, 3.05) is 12.4 Å². The van der Waals surface area contributed by atoms with Crippen LogP contribution in [0.25, 0.3) is 0 Å².